The Labute approximate surface area is 228 Å². The van der Waals surface area contributed by atoms with Gasteiger partial charge in [-0.3, -0.25) is 14.4 Å². The highest BCUT2D eigenvalue weighted by molar-refractivity contribution is 6.08. The standard InChI is InChI=1S/C31H36O8/c1-17-21(33)16-29(37)26(36)31-18(2)22(39-23(34)13-12-20-10-8-7-9-11-20)14-15-28(31,6)24(35)25(38-19(3)32)30(17,31)27(29,4)5/h7-13,17,22,24-25,35,37H,2,14-16H2,1,3-6H3/b13-12+/t17-,22+,24+,25+,28+,29-,30+,31-/m1/s1. The normalized spacial score (nSPS) is 42.3. The molecule has 1 aromatic carbocycles. The molecular formula is C31H36O8. The van der Waals surface area contributed by atoms with Crippen molar-refractivity contribution < 1.29 is 38.9 Å². The van der Waals surface area contributed by atoms with Crippen molar-refractivity contribution in [2.45, 2.75) is 77.8 Å². The monoisotopic (exact) mass is 536 g/mol. The van der Waals surface area contributed by atoms with Gasteiger partial charge in [-0.2, -0.15) is 0 Å². The predicted octanol–water partition coefficient (Wildman–Crippen LogP) is 3.20. The van der Waals surface area contributed by atoms with Crippen LogP contribution in [0, 0.1) is 27.6 Å². The highest BCUT2D eigenvalue weighted by atomic mass is 16.6. The van der Waals surface area contributed by atoms with Crippen LogP contribution in [0.15, 0.2) is 48.6 Å². The molecule has 0 heterocycles. The van der Waals surface area contributed by atoms with Crippen LogP contribution in [-0.4, -0.2) is 57.6 Å². The number of carbonyl (C=O) groups excluding carboxylic acids is 4. The minimum absolute atomic E-state index is 0.214. The van der Waals surface area contributed by atoms with E-state index in [-0.39, 0.29) is 30.6 Å². The van der Waals surface area contributed by atoms with Crippen LogP contribution in [0.5, 0.6) is 0 Å². The van der Waals surface area contributed by atoms with E-state index in [1.165, 1.54) is 13.0 Å². The number of hydrogen-bond acceptors (Lipinski definition) is 8. The van der Waals surface area contributed by atoms with Gasteiger partial charge in [0, 0.05) is 41.6 Å². The first kappa shape index (κ1) is 27.5. The summed E-state index contributed by atoms with van der Waals surface area (Å²) in [5.74, 6) is -3.16. The van der Waals surface area contributed by atoms with Gasteiger partial charge in [0.1, 0.15) is 23.6 Å². The number of Topliss-reactive ketones (excluding diaryl/α,β-unsaturated/α-hetero) is 2. The van der Waals surface area contributed by atoms with Crippen molar-refractivity contribution in [1.29, 1.82) is 0 Å². The van der Waals surface area contributed by atoms with Gasteiger partial charge in [0.05, 0.1) is 11.5 Å². The van der Waals surface area contributed by atoms with Crippen molar-refractivity contribution in [3.05, 3.63) is 54.1 Å². The molecule has 4 fully saturated rings. The fraction of sp³-hybridized carbons (Fsp3) is 0.548. The summed E-state index contributed by atoms with van der Waals surface area (Å²) >= 11 is 0. The van der Waals surface area contributed by atoms with E-state index in [1.54, 1.807) is 33.8 Å². The summed E-state index contributed by atoms with van der Waals surface area (Å²) in [5.41, 5.74) is -6.82. The molecule has 0 aromatic heterocycles. The van der Waals surface area contributed by atoms with E-state index in [4.69, 9.17) is 9.47 Å². The summed E-state index contributed by atoms with van der Waals surface area (Å²) in [4.78, 5) is 53.5. The van der Waals surface area contributed by atoms with Crippen molar-refractivity contribution in [2.75, 3.05) is 0 Å². The van der Waals surface area contributed by atoms with Crippen LogP contribution >= 0.6 is 0 Å². The summed E-state index contributed by atoms with van der Waals surface area (Å²) in [5, 5.41) is 23.9. The minimum atomic E-state index is -2.08. The molecule has 8 heteroatoms. The van der Waals surface area contributed by atoms with Crippen LogP contribution in [0.1, 0.15) is 59.4 Å². The van der Waals surface area contributed by atoms with Crippen LogP contribution in [0.4, 0.5) is 0 Å². The zero-order valence-corrected chi connectivity index (χ0v) is 23.0. The van der Waals surface area contributed by atoms with Gasteiger partial charge >= 0.3 is 11.9 Å². The van der Waals surface area contributed by atoms with E-state index < -0.39 is 69.2 Å². The average Bonchev–Trinajstić information content (AvgIpc) is 3.09. The Morgan fingerprint density at radius 1 is 1.10 bits per heavy atom. The number of fused-ring (bicyclic) bond motifs is 1. The molecule has 2 N–H and O–H groups in total. The van der Waals surface area contributed by atoms with Crippen LogP contribution in [0.2, 0.25) is 0 Å². The molecule has 208 valence electrons. The average molecular weight is 537 g/mol. The molecule has 0 aliphatic heterocycles. The van der Waals surface area contributed by atoms with E-state index in [0.29, 0.717) is 0 Å². The van der Waals surface area contributed by atoms with Crippen molar-refractivity contribution in [3.8, 4) is 0 Å². The quantitative estimate of drug-likeness (QED) is 0.341. The van der Waals surface area contributed by atoms with Crippen LogP contribution in [-0.2, 0) is 28.7 Å². The smallest absolute Gasteiger partial charge is 0.331 e. The number of aliphatic hydroxyl groups excluding tert-OH is 1. The number of rotatable bonds is 4. The lowest BCUT2D eigenvalue weighted by atomic mass is 9.42. The SMILES string of the molecule is C=C1[C@@H](OC(=O)/C=C/c2ccccc2)CC[C@@]2(C)[C@@H](O)[C@H](OC(C)=O)[C@]34[C@H](C)C(=O)C[C@@](O)(C(=O)[C@@]132)C4(C)C. The van der Waals surface area contributed by atoms with Crippen LogP contribution in [0.3, 0.4) is 0 Å². The lowest BCUT2D eigenvalue weighted by Crippen LogP contribution is -2.65. The third-order valence-corrected chi connectivity index (χ3v) is 10.8. The van der Waals surface area contributed by atoms with Gasteiger partial charge in [-0.15, -0.1) is 0 Å². The lowest BCUT2D eigenvalue weighted by molar-refractivity contribution is -0.209. The number of benzene rings is 1. The maximum absolute atomic E-state index is 14.7. The first-order valence-corrected chi connectivity index (χ1v) is 13.4. The fourth-order valence-electron chi connectivity index (χ4n) is 9.11. The van der Waals surface area contributed by atoms with E-state index in [1.807, 2.05) is 30.3 Å². The van der Waals surface area contributed by atoms with E-state index >= 15 is 0 Å². The molecule has 39 heavy (non-hydrogen) atoms. The van der Waals surface area contributed by atoms with Gasteiger partial charge in [-0.25, -0.2) is 4.79 Å². The molecule has 8 nitrogen and oxygen atoms in total. The van der Waals surface area contributed by atoms with E-state index in [9.17, 15) is 29.4 Å². The van der Waals surface area contributed by atoms with Gasteiger partial charge < -0.3 is 19.7 Å². The maximum atomic E-state index is 14.7. The number of ketones is 2. The molecule has 2 bridgehead atoms. The predicted molar refractivity (Wildman–Crippen MR) is 141 cm³/mol. The molecule has 4 saturated carbocycles. The minimum Gasteiger partial charge on any atom is -0.459 e. The number of carbonyl (C=O) groups is 4. The molecule has 0 saturated heterocycles. The Kier molecular flexibility index (Phi) is 5.95. The van der Waals surface area contributed by atoms with E-state index in [0.717, 1.165) is 5.56 Å². The molecule has 1 aromatic rings. The number of hydrogen-bond donors (Lipinski definition) is 2. The number of aliphatic hydroxyl groups is 2. The molecule has 0 amide bonds. The Hall–Kier alpha value is -3.10. The Morgan fingerprint density at radius 3 is 2.36 bits per heavy atom. The Morgan fingerprint density at radius 2 is 1.74 bits per heavy atom. The molecule has 8 atom stereocenters. The second kappa shape index (κ2) is 8.45. The highest BCUT2D eigenvalue weighted by Crippen LogP contribution is 2.85. The first-order valence-electron chi connectivity index (χ1n) is 13.4. The van der Waals surface area contributed by atoms with Gasteiger partial charge in [-0.05, 0) is 30.1 Å². The largest absolute Gasteiger partial charge is 0.459 e. The Bertz CT molecular complexity index is 1310. The summed E-state index contributed by atoms with van der Waals surface area (Å²) in [7, 11) is 0. The highest BCUT2D eigenvalue weighted by Gasteiger charge is 2.94. The molecule has 4 aliphatic carbocycles. The topological polar surface area (TPSA) is 127 Å². The summed E-state index contributed by atoms with van der Waals surface area (Å²) in [6.07, 6.45) is -0.509. The van der Waals surface area contributed by atoms with E-state index in [2.05, 4.69) is 6.58 Å². The van der Waals surface area contributed by atoms with Gasteiger partial charge in [0.2, 0.25) is 0 Å². The van der Waals surface area contributed by atoms with Crippen molar-refractivity contribution >= 4 is 29.6 Å². The number of esters is 2. The van der Waals surface area contributed by atoms with Crippen LogP contribution in [0.25, 0.3) is 6.08 Å². The molecule has 4 aliphatic rings. The first-order chi connectivity index (χ1) is 18.1. The zero-order valence-electron chi connectivity index (χ0n) is 23.0. The van der Waals surface area contributed by atoms with Crippen LogP contribution < -0.4 is 0 Å². The zero-order chi connectivity index (χ0) is 28.8. The van der Waals surface area contributed by atoms with Gasteiger partial charge in [0.15, 0.2) is 5.78 Å². The van der Waals surface area contributed by atoms with Crippen molar-refractivity contribution in [2.24, 2.45) is 27.6 Å². The van der Waals surface area contributed by atoms with Gasteiger partial charge in [0.25, 0.3) is 0 Å². The summed E-state index contributed by atoms with van der Waals surface area (Å²) in [6.45, 7) is 12.3. The Balaban J connectivity index is 1.67. The second-order valence-electron chi connectivity index (χ2n) is 12.4. The summed E-state index contributed by atoms with van der Waals surface area (Å²) < 4.78 is 11.7. The number of ether oxygens (including phenoxy) is 2. The lowest BCUT2D eigenvalue weighted by Gasteiger charge is -2.59. The van der Waals surface area contributed by atoms with Crippen molar-refractivity contribution in [3.63, 3.8) is 0 Å². The fourth-order valence-corrected chi connectivity index (χ4v) is 9.11. The van der Waals surface area contributed by atoms with Crippen molar-refractivity contribution in [1.82, 2.24) is 0 Å². The molecule has 0 radical (unpaired) electrons. The third kappa shape index (κ3) is 2.96. The summed E-state index contributed by atoms with van der Waals surface area (Å²) in [6, 6.07) is 9.23. The molecular weight excluding hydrogens is 500 g/mol. The molecule has 0 unspecified atom stereocenters. The maximum Gasteiger partial charge on any atom is 0.331 e. The van der Waals surface area contributed by atoms with Gasteiger partial charge in [-0.1, -0.05) is 64.6 Å². The third-order valence-electron chi connectivity index (χ3n) is 10.8. The molecule has 2 spiro atoms. The second-order valence-corrected chi connectivity index (χ2v) is 12.4. The molecule has 5 rings (SSSR count).